The SMILES string of the molecule is C=CC1CCN(C(=O)CNC(=O)CN)CC1.Cl. The van der Waals surface area contributed by atoms with Gasteiger partial charge in [-0.1, -0.05) is 6.08 Å². The van der Waals surface area contributed by atoms with Crippen molar-refractivity contribution in [3.8, 4) is 0 Å². The summed E-state index contributed by atoms with van der Waals surface area (Å²) in [7, 11) is 0. The third kappa shape index (κ3) is 5.19. The van der Waals surface area contributed by atoms with E-state index < -0.39 is 0 Å². The van der Waals surface area contributed by atoms with Gasteiger partial charge in [0.05, 0.1) is 13.1 Å². The molecule has 0 saturated carbocycles. The van der Waals surface area contributed by atoms with Crippen LogP contribution in [-0.4, -0.2) is 42.9 Å². The number of hydrogen-bond acceptors (Lipinski definition) is 3. The molecule has 1 aliphatic heterocycles. The van der Waals surface area contributed by atoms with Gasteiger partial charge in [0.15, 0.2) is 0 Å². The van der Waals surface area contributed by atoms with Gasteiger partial charge in [-0.15, -0.1) is 19.0 Å². The van der Waals surface area contributed by atoms with Crippen LogP contribution < -0.4 is 11.1 Å². The minimum absolute atomic E-state index is 0. The summed E-state index contributed by atoms with van der Waals surface area (Å²) < 4.78 is 0. The molecule has 0 spiro atoms. The summed E-state index contributed by atoms with van der Waals surface area (Å²) in [5.41, 5.74) is 5.12. The summed E-state index contributed by atoms with van der Waals surface area (Å²) in [4.78, 5) is 24.3. The van der Waals surface area contributed by atoms with E-state index in [4.69, 9.17) is 5.73 Å². The van der Waals surface area contributed by atoms with E-state index in [1.54, 1.807) is 4.90 Å². The van der Waals surface area contributed by atoms with E-state index in [-0.39, 0.29) is 37.3 Å². The maximum Gasteiger partial charge on any atom is 0.241 e. The molecule has 1 saturated heterocycles. The first-order valence-corrected chi connectivity index (χ1v) is 5.54. The smallest absolute Gasteiger partial charge is 0.241 e. The Kier molecular flexibility index (Phi) is 7.58. The molecule has 2 amide bonds. The lowest BCUT2D eigenvalue weighted by Crippen LogP contribution is -2.44. The van der Waals surface area contributed by atoms with Crippen LogP contribution in [0.3, 0.4) is 0 Å². The number of likely N-dealkylation sites (tertiary alicyclic amines) is 1. The average Bonchev–Trinajstić information content (AvgIpc) is 2.35. The Balaban J connectivity index is 0.00000256. The van der Waals surface area contributed by atoms with Gasteiger partial charge in [0.2, 0.25) is 11.8 Å². The van der Waals surface area contributed by atoms with Crippen molar-refractivity contribution in [2.45, 2.75) is 12.8 Å². The number of nitrogens with zero attached hydrogens (tertiary/aromatic N) is 1. The van der Waals surface area contributed by atoms with Gasteiger partial charge < -0.3 is 16.0 Å². The second kappa shape index (κ2) is 8.08. The Morgan fingerprint density at radius 2 is 2.00 bits per heavy atom. The zero-order valence-electron chi connectivity index (χ0n) is 9.85. The van der Waals surface area contributed by atoms with Crippen molar-refractivity contribution < 1.29 is 9.59 Å². The predicted octanol–water partition coefficient (Wildman–Crippen LogP) is -0.0923. The fraction of sp³-hybridized carbons (Fsp3) is 0.636. The fourth-order valence-electron chi connectivity index (χ4n) is 1.74. The summed E-state index contributed by atoms with van der Waals surface area (Å²) in [6.07, 6.45) is 3.86. The normalized spacial score (nSPS) is 15.9. The highest BCUT2D eigenvalue weighted by atomic mass is 35.5. The van der Waals surface area contributed by atoms with Crippen LogP contribution in [0.1, 0.15) is 12.8 Å². The molecule has 0 unspecified atom stereocenters. The maximum atomic E-state index is 11.7. The van der Waals surface area contributed by atoms with Crippen LogP contribution in [0, 0.1) is 5.92 Å². The summed E-state index contributed by atoms with van der Waals surface area (Å²) in [6, 6.07) is 0. The second-order valence-electron chi connectivity index (χ2n) is 3.93. The number of hydrogen-bond donors (Lipinski definition) is 2. The first-order valence-electron chi connectivity index (χ1n) is 5.54. The first-order chi connectivity index (χ1) is 7.67. The van der Waals surface area contributed by atoms with Gasteiger partial charge >= 0.3 is 0 Å². The molecule has 1 fully saturated rings. The molecule has 6 heteroatoms. The summed E-state index contributed by atoms with van der Waals surface area (Å²) in [5.74, 6) is 0.182. The van der Waals surface area contributed by atoms with Crippen molar-refractivity contribution >= 4 is 24.2 Å². The monoisotopic (exact) mass is 261 g/mol. The summed E-state index contributed by atoms with van der Waals surface area (Å²) in [6.45, 7) is 5.21. The molecular formula is C11H20ClN3O2. The Morgan fingerprint density at radius 1 is 1.41 bits per heavy atom. The number of piperidine rings is 1. The molecule has 0 bridgehead atoms. The predicted molar refractivity (Wildman–Crippen MR) is 68.8 cm³/mol. The van der Waals surface area contributed by atoms with Crippen molar-refractivity contribution in [3.63, 3.8) is 0 Å². The number of nitrogens with two attached hydrogens (primary N) is 1. The molecule has 3 N–H and O–H groups in total. The average molecular weight is 262 g/mol. The highest BCUT2D eigenvalue weighted by molar-refractivity contribution is 5.85. The standard InChI is InChI=1S/C11H19N3O2.ClH/c1-2-9-3-5-14(6-4-9)11(16)8-13-10(15)7-12;/h2,9H,1,3-8,12H2,(H,13,15);1H. The van der Waals surface area contributed by atoms with Gasteiger partial charge in [-0.3, -0.25) is 9.59 Å². The van der Waals surface area contributed by atoms with Gasteiger partial charge in [-0.05, 0) is 18.8 Å². The third-order valence-corrected chi connectivity index (χ3v) is 2.85. The number of carbonyl (C=O) groups is 2. The van der Waals surface area contributed by atoms with Crippen LogP contribution >= 0.6 is 12.4 Å². The van der Waals surface area contributed by atoms with Gasteiger partial charge in [-0.25, -0.2) is 0 Å². The number of allylic oxidation sites excluding steroid dienone is 1. The molecule has 0 aromatic carbocycles. The number of carbonyl (C=O) groups excluding carboxylic acids is 2. The van der Waals surface area contributed by atoms with Crippen LogP contribution in [0.5, 0.6) is 0 Å². The lowest BCUT2D eigenvalue weighted by atomic mass is 9.97. The number of amides is 2. The molecule has 0 radical (unpaired) electrons. The zero-order valence-corrected chi connectivity index (χ0v) is 10.7. The van der Waals surface area contributed by atoms with Crippen molar-refractivity contribution in [1.82, 2.24) is 10.2 Å². The summed E-state index contributed by atoms with van der Waals surface area (Å²) in [5, 5.41) is 2.48. The highest BCUT2D eigenvalue weighted by Gasteiger charge is 2.20. The zero-order chi connectivity index (χ0) is 12.0. The summed E-state index contributed by atoms with van der Waals surface area (Å²) >= 11 is 0. The van der Waals surface area contributed by atoms with Gasteiger partial charge in [-0.2, -0.15) is 0 Å². The molecule has 1 aliphatic rings. The number of halogens is 1. The van der Waals surface area contributed by atoms with Gasteiger partial charge in [0, 0.05) is 13.1 Å². The van der Waals surface area contributed by atoms with E-state index in [2.05, 4.69) is 11.9 Å². The second-order valence-corrected chi connectivity index (χ2v) is 3.93. The first kappa shape index (κ1) is 15.9. The minimum Gasteiger partial charge on any atom is -0.346 e. The molecule has 98 valence electrons. The molecule has 0 aromatic rings. The Bertz CT molecular complexity index is 276. The van der Waals surface area contributed by atoms with E-state index in [9.17, 15) is 9.59 Å². The fourth-order valence-corrected chi connectivity index (χ4v) is 1.74. The molecule has 17 heavy (non-hydrogen) atoms. The topological polar surface area (TPSA) is 75.4 Å². The van der Waals surface area contributed by atoms with E-state index in [1.165, 1.54) is 0 Å². The van der Waals surface area contributed by atoms with Gasteiger partial charge in [0.25, 0.3) is 0 Å². The van der Waals surface area contributed by atoms with Crippen molar-refractivity contribution in [1.29, 1.82) is 0 Å². The van der Waals surface area contributed by atoms with Crippen LogP contribution in [0.4, 0.5) is 0 Å². The van der Waals surface area contributed by atoms with E-state index >= 15 is 0 Å². The molecule has 1 rings (SSSR count). The van der Waals surface area contributed by atoms with Gasteiger partial charge in [0.1, 0.15) is 0 Å². The third-order valence-electron chi connectivity index (χ3n) is 2.85. The Labute approximate surface area is 108 Å². The van der Waals surface area contributed by atoms with Crippen molar-refractivity contribution in [2.24, 2.45) is 11.7 Å². The lowest BCUT2D eigenvalue weighted by Gasteiger charge is -2.30. The highest BCUT2D eigenvalue weighted by Crippen LogP contribution is 2.17. The van der Waals surface area contributed by atoms with E-state index in [0.717, 1.165) is 25.9 Å². The van der Waals surface area contributed by atoms with Crippen LogP contribution in [0.2, 0.25) is 0 Å². The lowest BCUT2D eigenvalue weighted by molar-refractivity contribution is -0.133. The number of rotatable bonds is 4. The number of nitrogens with one attached hydrogen (secondary N) is 1. The molecule has 1 heterocycles. The molecule has 0 aromatic heterocycles. The van der Waals surface area contributed by atoms with Crippen LogP contribution in [0.15, 0.2) is 12.7 Å². The molecule has 5 nitrogen and oxygen atoms in total. The van der Waals surface area contributed by atoms with E-state index in [1.807, 2.05) is 6.08 Å². The minimum atomic E-state index is -0.297. The Morgan fingerprint density at radius 3 is 2.47 bits per heavy atom. The molecular weight excluding hydrogens is 242 g/mol. The van der Waals surface area contributed by atoms with Crippen LogP contribution in [-0.2, 0) is 9.59 Å². The Hall–Kier alpha value is -1.07. The molecule has 0 atom stereocenters. The van der Waals surface area contributed by atoms with Crippen molar-refractivity contribution in [2.75, 3.05) is 26.2 Å². The quantitative estimate of drug-likeness (QED) is 0.695. The van der Waals surface area contributed by atoms with E-state index in [0.29, 0.717) is 5.92 Å². The maximum absolute atomic E-state index is 11.7. The van der Waals surface area contributed by atoms with Crippen LogP contribution in [0.25, 0.3) is 0 Å². The van der Waals surface area contributed by atoms with Crippen molar-refractivity contribution in [3.05, 3.63) is 12.7 Å². The largest absolute Gasteiger partial charge is 0.346 e. The molecule has 0 aliphatic carbocycles.